The van der Waals surface area contributed by atoms with Gasteiger partial charge in [-0.1, -0.05) is 30.3 Å². The van der Waals surface area contributed by atoms with Gasteiger partial charge >= 0.3 is 5.97 Å². The molecule has 1 aromatic carbocycles. The van der Waals surface area contributed by atoms with Crippen molar-refractivity contribution in [3.05, 3.63) is 64.2 Å². The van der Waals surface area contributed by atoms with Crippen LogP contribution in [0.5, 0.6) is 5.75 Å². The molecule has 7 nitrogen and oxygen atoms in total. The molecule has 124 valence electrons. The summed E-state index contributed by atoms with van der Waals surface area (Å²) >= 11 is 0. The van der Waals surface area contributed by atoms with Crippen molar-refractivity contribution in [1.82, 2.24) is 0 Å². The third kappa shape index (κ3) is 6.77. The highest BCUT2D eigenvalue weighted by Crippen LogP contribution is 2.08. The van der Waals surface area contributed by atoms with Crippen LogP contribution in [-0.2, 0) is 11.4 Å². The molecular formula is C16H19NO6. The van der Waals surface area contributed by atoms with E-state index in [0.717, 1.165) is 5.56 Å². The maximum absolute atomic E-state index is 11.5. The molecule has 0 spiro atoms. The molecule has 0 saturated heterocycles. The maximum Gasteiger partial charge on any atom is 0.333 e. The minimum atomic E-state index is -1.40. The van der Waals surface area contributed by atoms with E-state index in [0.29, 0.717) is 12.4 Å². The average molecular weight is 321 g/mol. The Balaban J connectivity index is 0.000000322. The second-order valence-corrected chi connectivity index (χ2v) is 4.58. The summed E-state index contributed by atoms with van der Waals surface area (Å²) in [5.41, 5.74) is 5.61. The quantitative estimate of drug-likeness (QED) is 0.748. The molecule has 2 aromatic rings. The first-order valence-corrected chi connectivity index (χ1v) is 6.81. The Morgan fingerprint density at radius 1 is 1.35 bits per heavy atom. The summed E-state index contributed by atoms with van der Waals surface area (Å²) in [4.78, 5) is 21.1. The Morgan fingerprint density at radius 2 is 2.00 bits per heavy atom. The lowest BCUT2D eigenvalue weighted by molar-refractivity contribution is -0.145. The van der Waals surface area contributed by atoms with Gasteiger partial charge in [0.1, 0.15) is 18.6 Å². The fourth-order valence-corrected chi connectivity index (χ4v) is 1.44. The smallest absolute Gasteiger partial charge is 0.333 e. The van der Waals surface area contributed by atoms with Gasteiger partial charge in [-0.05, 0) is 12.5 Å². The first kappa shape index (κ1) is 18.4. The van der Waals surface area contributed by atoms with E-state index in [2.05, 4.69) is 0 Å². The monoisotopic (exact) mass is 321 g/mol. The molecule has 0 fully saturated rings. The van der Waals surface area contributed by atoms with Crippen molar-refractivity contribution in [1.29, 1.82) is 0 Å². The van der Waals surface area contributed by atoms with Crippen molar-refractivity contribution < 1.29 is 24.2 Å². The molecular weight excluding hydrogens is 302 g/mol. The number of aryl methyl sites for hydroxylation is 1. The van der Waals surface area contributed by atoms with E-state index in [1.807, 2.05) is 30.3 Å². The SMILES string of the molecule is Cc1cc(=O)c(OCc2ccccc2)co1.NCC(O)C(=O)O. The van der Waals surface area contributed by atoms with Crippen LogP contribution in [0.4, 0.5) is 0 Å². The number of aliphatic hydroxyl groups excluding tert-OH is 1. The molecule has 0 aliphatic carbocycles. The number of aliphatic hydroxyl groups is 1. The predicted molar refractivity (Wildman–Crippen MR) is 83.2 cm³/mol. The number of hydrogen-bond donors (Lipinski definition) is 3. The van der Waals surface area contributed by atoms with Gasteiger partial charge in [0, 0.05) is 12.6 Å². The number of carboxylic acids is 1. The molecule has 0 amide bonds. The number of carbonyl (C=O) groups is 1. The van der Waals surface area contributed by atoms with Crippen LogP contribution < -0.4 is 15.9 Å². The van der Waals surface area contributed by atoms with Crippen LogP contribution >= 0.6 is 0 Å². The van der Waals surface area contributed by atoms with Gasteiger partial charge < -0.3 is 25.1 Å². The Hall–Kier alpha value is -2.64. The predicted octanol–water partition coefficient (Wildman–Crippen LogP) is 0.918. The molecule has 0 aliphatic rings. The minimum Gasteiger partial charge on any atom is -0.482 e. The zero-order valence-corrected chi connectivity index (χ0v) is 12.6. The molecule has 2 rings (SSSR count). The molecule has 23 heavy (non-hydrogen) atoms. The fraction of sp³-hybridized carbons (Fsp3) is 0.250. The van der Waals surface area contributed by atoms with Gasteiger partial charge in [-0.25, -0.2) is 4.79 Å². The summed E-state index contributed by atoms with van der Waals surface area (Å²) in [6, 6.07) is 11.1. The Morgan fingerprint density at radius 3 is 2.48 bits per heavy atom. The molecule has 0 aliphatic heterocycles. The molecule has 1 unspecified atom stereocenters. The van der Waals surface area contributed by atoms with Crippen LogP contribution in [0.2, 0.25) is 0 Å². The van der Waals surface area contributed by atoms with Crippen LogP contribution in [0.25, 0.3) is 0 Å². The highest BCUT2D eigenvalue weighted by Gasteiger charge is 2.07. The van der Waals surface area contributed by atoms with Crippen molar-refractivity contribution in [3.63, 3.8) is 0 Å². The molecule has 7 heteroatoms. The summed E-state index contributed by atoms with van der Waals surface area (Å²) in [5, 5.41) is 16.1. The molecule has 1 heterocycles. The van der Waals surface area contributed by atoms with Crippen LogP contribution in [0.15, 0.2) is 51.9 Å². The lowest BCUT2D eigenvalue weighted by atomic mass is 10.2. The van der Waals surface area contributed by atoms with Crippen molar-refractivity contribution in [3.8, 4) is 5.75 Å². The van der Waals surface area contributed by atoms with E-state index in [4.69, 9.17) is 25.1 Å². The van der Waals surface area contributed by atoms with Crippen LogP contribution in [0, 0.1) is 6.92 Å². The Kier molecular flexibility index (Phi) is 7.52. The highest BCUT2D eigenvalue weighted by molar-refractivity contribution is 5.72. The summed E-state index contributed by atoms with van der Waals surface area (Å²) in [7, 11) is 0. The summed E-state index contributed by atoms with van der Waals surface area (Å²) in [5.74, 6) is -0.450. The summed E-state index contributed by atoms with van der Waals surface area (Å²) < 4.78 is 10.5. The molecule has 1 aromatic heterocycles. The topological polar surface area (TPSA) is 123 Å². The standard InChI is InChI=1S/C13H12O3.C3H7NO3/c1-10-7-12(14)13(9-15-10)16-8-11-5-3-2-4-6-11;4-1-2(5)3(6)7/h2-7,9H,8H2,1H3;2,5H,1,4H2,(H,6,7). The van der Waals surface area contributed by atoms with Crippen molar-refractivity contribution in [2.75, 3.05) is 6.54 Å². The van der Waals surface area contributed by atoms with Gasteiger partial charge in [0.2, 0.25) is 11.2 Å². The minimum absolute atomic E-state index is 0.153. The lowest BCUT2D eigenvalue weighted by Crippen LogP contribution is -2.28. The van der Waals surface area contributed by atoms with E-state index in [-0.39, 0.29) is 17.7 Å². The number of carboxylic acid groups (broad SMARTS) is 1. The van der Waals surface area contributed by atoms with Crippen molar-refractivity contribution >= 4 is 5.97 Å². The molecule has 1 atom stereocenters. The van der Waals surface area contributed by atoms with Gasteiger partial charge in [0.15, 0.2) is 6.10 Å². The average Bonchev–Trinajstić information content (AvgIpc) is 2.54. The fourth-order valence-electron chi connectivity index (χ4n) is 1.44. The Bertz CT molecular complexity index is 668. The second-order valence-electron chi connectivity index (χ2n) is 4.58. The van der Waals surface area contributed by atoms with E-state index in [1.54, 1.807) is 6.92 Å². The van der Waals surface area contributed by atoms with Crippen molar-refractivity contribution in [2.45, 2.75) is 19.6 Å². The second kappa shape index (κ2) is 9.39. The van der Waals surface area contributed by atoms with Crippen LogP contribution in [0.1, 0.15) is 11.3 Å². The zero-order valence-electron chi connectivity index (χ0n) is 12.6. The Labute approximate surface area is 132 Å². The first-order chi connectivity index (χ1) is 10.9. The van der Waals surface area contributed by atoms with E-state index in [9.17, 15) is 9.59 Å². The van der Waals surface area contributed by atoms with Gasteiger partial charge in [-0.15, -0.1) is 0 Å². The van der Waals surface area contributed by atoms with Crippen LogP contribution in [0.3, 0.4) is 0 Å². The van der Waals surface area contributed by atoms with Crippen molar-refractivity contribution in [2.24, 2.45) is 5.73 Å². The normalized spacial score (nSPS) is 11.1. The first-order valence-electron chi connectivity index (χ1n) is 6.81. The van der Waals surface area contributed by atoms with E-state index < -0.39 is 12.1 Å². The third-order valence-electron chi connectivity index (χ3n) is 2.67. The van der Waals surface area contributed by atoms with Crippen LogP contribution in [-0.4, -0.2) is 28.8 Å². The number of rotatable bonds is 5. The van der Waals surface area contributed by atoms with E-state index >= 15 is 0 Å². The zero-order chi connectivity index (χ0) is 17.2. The summed E-state index contributed by atoms with van der Waals surface area (Å²) in [6.45, 7) is 1.87. The van der Waals surface area contributed by atoms with Gasteiger partial charge in [-0.2, -0.15) is 0 Å². The number of hydrogen-bond acceptors (Lipinski definition) is 6. The maximum atomic E-state index is 11.5. The largest absolute Gasteiger partial charge is 0.482 e. The number of nitrogens with two attached hydrogens (primary N) is 1. The molecule has 0 bridgehead atoms. The third-order valence-corrected chi connectivity index (χ3v) is 2.67. The molecule has 4 N–H and O–H groups in total. The number of aliphatic carboxylic acids is 1. The highest BCUT2D eigenvalue weighted by atomic mass is 16.5. The number of ether oxygens (including phenoxy) is 1. The summed E-state index contributed by atoms with van der Waals surface area (Å²) in [6.07, 6.45) is -0.0550. The molecule has 0 radical (unpaired) electrons. The van der Waals surface area contributed by atoms with Gasteiger partial charge in [0.05, 0.1) is 0 Å². The lowest BCUT2D eigenvalue weighted by Gasteiger charge is -2.04. The number of benzene rings is 1. The molecule has 0 saturated carbocycles. The van der Waals surface area contributed by atoms with Gasteiger partial charge in [-0.3, -0.25) is 4.79 Å². The van der Waals surface area contributed by atoms with Gasteiger partial charge in [0.25, 0.3) is 0 Å². The van der Waals surface area contributed by atoms with E-state index in [1.165, 1.54) is 12.3 Å².